The third kappa shape index (κ3) is 21.5. The van der Waals surface area contributed by atoms with E-state index in [0.717, 1.165) is 0 Å². The van der Waals surface area contributed by atoms with Gasteiger partial charge in [0.1, 0.15) is 0 Å². The van der Waals surface area contributed by atoms with Crippen molar-refractivity contribution >= 4 is 46.0 Å². The van der Waals surface area contributed by atoms with Crippen molar-refractivity contribution in [3.05, 3.63) is 72.8 Å². The van der Waals surface area contributed by atoms with Gasteiger partial charge in [0.15, 0.2) is 0 Å². The first-order chi connectivity index (χ1) is 7.73. The Morgan fingerprint density at radius 3 is 1.00 bits per heavy atom. The van der Waals surface area contributed by atoms with E-state index < -0.39 is 8.25 Å². The molecule has 0 radical (unpaired) electrons. The molecule has 0 aliphatic carbocycles. The molecule has 0 spiro atoms. The van der Waals surface area contributed by atoms with Crippen LogP contribution in [0.4, 0.5) is 0 Å². The van der Waals surface area contributed by atoms with Crippen LogP contribution in [0.1, 0.15) is 0 Å². The van der Waals surface area contributed by atoms with Gasteiger partial charge in [0.2, 0.25) is 0 Å². The molecule has 17 heavy (non-hydrogen) atoms. The summed E-state index contributed by atoms with van der Waals surface area (Å²) in [5.41, 5.74) is 0. The van der Waals surface area contributed by atoms with Gasteiger partial charge in [-0.15, -0.1) is 9.79 Å². The van der Waals surface area contributed by atoms with Crippen molar-refractivity contribution in [2.75, 3.05) is 0 Å². The predicted molar refractivity (Wildman–Crippen MR) is 68.4 cm³/mol. The van der Waals surface area contributed by atoms with Crippen LogP contribution in [-0.4, -0.2) is 47.5 Å². The molecule has 84 valence electrons. The zero-order valence-electron chi connectivity index (χ0n) is 9.23. The van der Waals surface area contributed by atoms with Crippen LogP contribution in [0.2, 0.25) is 0 Å². The van der Waals surface area contributed by atoms with E-state index in [2.05, 4.69) is 12.1 Å². The Morgan fingerprint density at radius 1 is 0.706 bits per heavy atom. The Morgan fingerprint density at radius 2 is 0.941 bits per heavy atom. The quantitative estimate of drug-likeness (QED) is 0.440. The third-order valence-corrected chi connectivity index (χ3v) is 1.21. The Balaban J connectivity index is 0. The van der Waals surface area contributed by atoms with Crippen molar-refractivity contribution in [1.29, 1.82) is 0 Å². The monoisotopic (exact) mass is 275 g/mol. The van der Waals surface area contributed by atoms with Crippen LogP contribution < -0.4 is 0 Å². The van der Waals surface area contributed by atoms with Crippen LogP contribution in [0, 0.1) is 12.1 Å². The minimum Gasteiger partial charge on any atom is -0.184 e. The van der Waals surface area contributed by atoms with Crippen molar-refractivity contribution in [2.45, 2.75) is 0 Å². The first-order valence-electron chi connectivity index (χ1n) is 4.40. The van der Waals surface area contributed by atoms with Crippen LogP contribution in [0.25, 0.3) is 0 Å². The van der Waals surface area contributed by atoms with Crippen molar-refractivity contribution in [3.8, 4) is 0 Å². The summed E-state index contributed by atoms with van der Waals surface area (Å²) in [7, 11) is -2.87. The van der Waals surface area contributed by atoms with Gasteiger partial charge in [-0.3, -0.25) is 0 Å². The molecule has 0 saturated heterocycles. The molecule has 0 saturated carbocycles. The first kappa shape index (κ1) is 19.1. The maximum atomic E-state index is 8.70. The second kappa shape index (κ2) is 15.7. The van der Waals surface area contributed by atoms with E-state index in [1.807, 2.05) is 60.7 Å². The fraction of sp³-hybridized carbons (Fsp3) is 0. The molecule has 2 N–H and O–H groups in total. The summed E-state index contributed by atoms with van der Waals surface area (Å²) < 4.78 is 8.70. The average Bonchev–Trinajstić information content (AvgIpc) is 2.34. The Labute approximate surface area is 132 Å². The SMILES string of the molecule is O=[P+](O)O.[Ca+2].[c-]1ccccc1.[c-]1ccccc1. The Kier molecular flexibility index (Phi) is 17.6. The van der Waals surface area contributed by atoms with Crippen LogP contribution in [-0.2, 0) is 4.57 Å². The molecule has 0 aliphatic heterocycles. The smallest absolute Gasteiger partial charge is 0.184 e. The van der Waals surface area contributed by atoms with E-state index in [1.165, 1.54) is 0 Å². The normalized spacial score (nSPS) is 7.18. The molecule has 0 amide bonds. The maximum absolute atomic E-state index is 8.70. The van der Waals surface area contributed by atoms with Crippen molar-refractivity contribution < 1.29 is 14.4 Å². The summed E-state index contributed by atoms with van der Waals surface area (Å²) in [5.74, 6) is 0. The molecular formula is C12H12CaO3P+. The van der Waals surface area contributed by atoms with Gasteiger partial charge in [-0.1, -0.05) is 0 Å². The molecule has 2 aromatic carbocycles. The van der Waals surface area contributed by atoms with Gasteiger partial charge in [0.05, 0.1) is 0 Å². The molecule has 0 bridgehead atoms. The molecule has 0 unspecified atom stereocenters. The van der Waals surface area contributed by atoms with Crippen LogP contribution in [0.5, 0.6) is 0 Å². The van der Waals surface area contributed by atoms with Gasteiger partial charge in [-0.05, 0) is 0 Å². The fourth-order valence-electron chi connectivity index (χ4n) is 0.684. The summed E-state index contributed by atoms with van der Waals surface area (Å²) >= 11 is 0. The van der Waals surface area contributed by atoms with Gasteiger partial charge in [-0.25, -0.2) is 0 Å². The van der Waals surface area contributed by atoms with Gasteiger partial charge < -0.3 is 0 Å². The minimum atomic E-state index is -2.87. The van der Waals surface area contributed by atoms with Crippen LogP contribution in [0.3, 0.4) is 0 Å². The van der Waals surface area contributed by atoms with Crippen molar-refractivity contribution in [2.24, 2.45) is 0 Å². The summed E-state index contributed by atoms with van der Waals surface area (Å²) in [6.45, 7) is 0. The summed E-state index contributed by atoms with van der Waals surface area (Å²) in [4.78, 5) is 14.2. The standard InChI is InChI=1S/2C6H5.Ca.HO3P/c2*1-2-4-6-5-3-1;;1-4(2)3/h2*1-5H;;(H-,1,2,3)/q2*-1;+2;/p+1. The molecule has 5 heteroatoms. The first-order valence-corrected chi connectivity index (χ1v) is 5.57. The second-order valence-corrected chi connectivity index (χ2v) is 2.91. The topological polar surface area (TPSA) is 57.5 Å². The maximum Gasteiger partial charge on any atom is 2.00 e. The van der Waals surface area contributed by atoms with E-state index in [-0.39, 0.29) is 37.7 Å². The van der Waals surface area contributed by atoms with E-state index >= 15 is 0 Å². The summed E-state index contributed by atoms with van der Waals surface area (Å²) in [6.07, 6.45) is 0. The van der Waals surface area contributed by atoms with Gasteiger partial charge in [-0.2, -0.15) is 72.8 Å². The summed E-state index contributed by atoms with van der Waals surface area (Å²) in [5, 5.41) is 0. The van der Waals surface area contributed by atoms with Gasteiger partial charge >= 0.3 is 46.0 Å². The largest absolute Gasteiger partial charge is 2.00 e. The number of hydrogen-bond acceptors (Lipinski definition) is 1. The molecule has 2 rings (SSSR count). The average molecular weight is 275 g/mol. The van der Waals surface area contributed by atoms with Crippen LogP contribution in [0.15, 0.2) is 60.7 Å². The number of hydrogen-bond donors (Lipinski definition) is 2. The van der Waals surface area contributed by atoms with E-state index in [1.54, 1.807) is 0 Å². The van der Waals surface area contributed by atoms with Gasteiger partial charge in [0.25, 0.3) is 0 Å². The molecule has 2 aromatic rings. The Bertz CT molecular complexity index is 268. The van der Waals surface area contributed by atoms with E-state index in [0.29, 0.717) is 0 Å². The molecule has 0 aromatic heterocycles. The number of benzene rings is 2. The molecular weight excluding hydrogens is 263 g/mol. The second-order valence-electron chi connectivity index (χ2n) is 2.41. The van der Waals surface area contributed by atoms with Crippen LogP contribution >= 0.6 is 8.25 Å². The fourth-order valence-corrected chi connectivity index (χ4v) is 0.684. The third-order valence-electron chi connectivity index (χ3n) is 1.21. The summed E-state index contributed by atoms with van der Waals surface area (Å²) in [6, 6.07) is 25.0. The molecule has 0 atom stereocenters. The van der Waals surface area contributed by atoms with E-state index in [9.17, 15) is 0 Å². The zero-order valence-corrected chi connectivity index (χ0v) is 12.3. The minimum absolute atomic E-state index is 0. The van der Waals surface area contributed by atoms with Crippen molar-refractivity contribution in [3.63, 3.8) is 0 Å². The molecule has 3 nitrogen and oxygen atoms in total. The molecule has 0 heterocycles. The molecule has 0 aliphatic rings. The molecule has 0 fully saturated rings. The number of rotatable bonds is 0. The predicted octanol–water partition coefficient (Wildman–Crippen LogP) is 2.22. The van der Waals surface area contributed by atoms with E-state index in [4.69, 9.17) is 14.4 Å². The Hall–Kier alpha value is -0.280. The zero-order chi connectivity index (χ0) is 12.1. The van der Waals surface area contributed by atoms with Crippen molar-refractivity contribution in [1.82, 2.24) is 0 Å². The van der Waals surface area contributed by atoms with Gasteiger partial charge in [0, 0.05) is 4.57 Å².